The van der Waals surface area contributed by atoms with Gasteiger partial charge in [0.1, 0.15) is 0 Å². The van der Waals surface area contributed by atoms with Crippen LogP contribution in [0.3, 0.4) is 0 Å². The van der Waals surface area contributed by atoms with Crippen LogP contribution in [0.5, 0.6) is 11.8 Å². The summed E-state index contributed by atoms with van der Waals surface area (Å²) in [5.74, 6) is 1.10. The van der Waals surface area contributed by atoms with E-state index in [0.717, 1.165) is 25.8 Å². The molecule has 1 aromatic carbocycles. The number of aryl methyl sites for hydroxylation is 2. The Bertz CT molecular complexity index is 1100. The van der Waals surface area contributed by atoms with Crippen LogP contribution in [0, 0.1) is 0 Å². The zero-order valence-corrected chi connectivity index (χ0v) is 19.1. The van der Waals surface area contributed by atoms with Crippen LogP contribution in [0.2, 0.25) is 0 Å². The van der Waals surface area contributed by atoms with E-state index in [4.69, 9.17) is 14.2 Å². The SMILES string of the molecule is COC(=O)c1ccc2c(c1)c1c(n2CCC(C)Nc2nc(OC)cc(OC)n2)CCCC1. The number of rotatable bonds is 8. The summed E-state index contributed by atoms with van der Waals surface area (Å²) in [6.07, 6.45) is 5.38. The number of anilines is 1. The van der Waals surface area contributed by atoms with Crippen LogP contribution in [-0.4, -0.2) is 47.9 Å². The summed E-state index contributed by atoms with van der Waals surface area (Å²) >= 11 is 0. The summed E-state index contributed by atoms with van der Waals surface area (Å²) in [5, 5.41) is 4.53. The van der Waals surface area contributed by atoms with Gasteiger partial charge in [-0.2, -0.15) is 9.97 Å². The Hall–Kier alpha value is -3.29. The van der Waals surface area contributed by atoms with Crippen molar-refractivity contribution in [3.63, 3.8) is 0 Å². The normalized spacial score (nSPS) is 14.0. The highest BCUT2D eigenvalue weighted by Crippen LogP contribution is 2.33. The van der Waals surface area contributed by atoms with Gasteiger partial charge in [-0.1, -0.05) is 0 Å². The number of nitrogens with zero attached hydrogens (tertiary/aromatic N) is 3. The molecule has 0 amide bonds. The second-order valence-electron chi connectivity index (χ2n) is 8.12. The molecular weight excluding hydrogens is 408 g/mol. The van der Waals surface area contributed by atoms with Crippen molar-refractivity contribution in [2.75, 3.05) is 26.6 Å². The van der Waals surface area contributed by atoms with Crippen LogP contribution in [0.25, 0.3) is 10.9 Å². The van der Waals surface area contributed by atoms with Crippen LogP contribution in [0.1, 0.15) is 47.8 Å². The second-order valence-corrected chi connectivity index (χ2v) is 8.12. The number of ether oxygens (including phenoxy) is 3. The van der Waals surface area contributed by atoms with E-state index in [1.807, 2.05) is 18.2 Å². The lowest BCUT2D eigenvalue weighted by Crippen LogP contribution is -2.20. The molecule has 0 saturated heterocycles. The number of benzene rings is 1. The maximum absolute atomic E-state index is 12.0. The topological polar surface area (TPSA) is 87.5 Å². The van der Waals surface area contributed by atoms with Gasteiger partial charge in [-0.05, 0) is 62.8 Å². The lowest BCUT2D eigenvalue weighted by Gasteiger charge is -2.19. The van der Waals surface area contributed by atoms with Crippen molar-refractivity contribution in [1.82, 2.24) is 14.5 Å². The van der Waals surface area contributed by atoms with Gasteiger partial charge in [0, 0.05) is 29.2 Å². The first-order valence-corrected chi connectivity index (χ1v) is 11.0. The number of hydrogen-bond donors (Lipinski definition) is 1. The molecule has 1 atom stereocenters. The number of hydrogen-bond acceptors (Lipinski definition) is 7. The van der Waals surface area contributed by atoms with Crippen molar-refractivity contribution in [1.29, 1.82) is 0 Å². The van der Waals surface area contributed by atoms with E-state index in [2.05, 4.69) is 26.8 Å². The number of fused-ring (bicyclic) bond motifs is 3. The van der Waals surface area contributed by atoms with Crippen LogP contribution in [-0.2, 0) is 24.1 Å². The van der Waals surface area contributed by atoms with Crippen molar-refractivity contribution >= 4 is 22.8 Å². The Morgan fingerprint density at radius 2 is 1.81 bits per heavy atom. The Kier molecular flexibility index (Phi) is 6.48. The smallest absolute Gasteiger partial charge is 0.337 e. The third kappa shape index (κ3) is 4.35. The fourth-order valence-electron chi connectivity index (χ4n) is 4.43. The number of carbonyl (C=O) groups is 1. The Labute approximate surface area is 187 Å². The molecule has 0 aliphatic heterocycles. The van der Waals surface area contributed by atoms with Crippen molar-refractivity contribution in [2.24, 2.45) is 0 Å². The molecule has 4 rings (SSSR count). The van der Waals surface area contributed by atoms with E-state index in [0.29, 0.717) is 23.3 Å². The minimum absolute atomic E-state index is 0.137. The molecule has 1 aliphatic carbocycles. The molecule has 3 aromatic rings. The zero-order chi connectivity index (χ0) is 22.7. The first kappa shape index (κ1) is 21.9. The molecule has 0 bridgehead atoms. The highest BCUT2D eigenvalue weighted by atomic mass is 16.5. The van der Waals surface area contributed by atoms with E-state index >= 15 is 0 Å². The lowest BCUT2D eigenvalue weighted by atomic mass is 9.95. The van der Waals surface area contributed by atoms with Gasteiger partial charge in [-0.15, -0.1) is 0 Å². The molecule has 8 heteroatoms. The van der Waals surface area contributed by atoms with Gasteiger partial charge in [-0.3, -0.25) is 0 Å². The summed E-state index contributed by atoms with van der Waals surface area (Å²) in [6.45, 7) is 2.97. The van der Waals surface area contributed by atoms with Gasteiger partial charge < -0.3 is 24.1 Å². The Morgan fingerprint density at radius 1 is 1.09 bits per heavy atom. The van der Waals surface area contributed by atoms with Gasteiger partial charge >= 0.3 is 5.97 Å². The minimum Gasteiger partial charge on any atom is -0.481 e. The zero-order valence-electron chi connectivity index (χ0n) is 19.1. The maximum atomic E-state index is 12.0. The minimum atomic E-state index is -0.296. The monoisotopic (exact) mass is 438 g/mol. The molecule has 0 saturated carbocycles. The molecule has 2 heterocycles. The summed E-state index contributed by atoms with van der Waals surface area (Å²) in [5.41, 5.74) is 4.54. The van der Waals surface area contributed by atoms with E-state index in [-0.39, 0.29) is 12.0 Å². The Morgan fingerprint density at radius 3 is 2.50 bits per heavy atom. The Balaban J connectivity index is 1.56. The van der Waals surface area contributed by atoms with E-state index < -0.39 is 0 Å². The largest absolute Gasteiger partial charge is 0.481 e. The number of esters is 1. The molecule has 32 heavy (non-hydrogen) atoms. The van der Waals surface area contributed by atoms with Crippen LogP contribution in [0.4, 0.5) is 5.95 Å². The second kappa shape index (κ2) is 9.46. The molecule has 1 aliphatic rings. The first-order valence-electron chi connectivity index (χ1n) is 11.0. The standard InChI is InChI=1S/C24H30N4O4/c1-15(25-24-26-21(30-2)14-22(27-24)31-3)11-12-28-19-8-6-5-7-17(19)18-13-16(23(29)32-4)9-10-20(18)28/h9-10,13-15H,5-8,11-12H2,1-4H3,(H,25,26,27). The van der Waals surface area contributed by atoms with E-state index in [1.54, 1.807) is 20.3 Å². The molecule has 170 valence electrons. The van der Waals surface area contributed by atoms with Crippen LogP contribution in [0.15, 0.2) is 24.3 Å². The number of methoxy groups -OCH3 is 3. The lowest BCUT2D eigenvalue weighted by molar-refractivity contribution is 0.0601. The van der Waals surface area contributed by atoms with Crippen LogP contribution >= 0.6 is 0 Å². The van der Waals surface area contributed by atoms with Gasteiger partial charge in [0.25, 0.3) is 0 Å². The predicted molar refractivity (Wildman–Crippen MR) is 123 cm³/mol. The third-order valence-electron chi connectivity index (χ3n) is 6.06. The molecule has 0 radical (unpaired) electrons. The third-order valence-corrected chi connectivity index (χ3v) is 6.06. The van der Waals surface area contributed by atoms with Crippen molar-refractivity contribution in [3.05, 3.63) is 41.1 Å². The molecule has 0 fully saturated rings. The average molecular weight is 439 g/mol. The van der Waals surface area contributed by atoms with Crippen molar-refractivity contribution in [3.8, 4) is 11.8 Å². The molecular formula is C24H30N4O4. The summed E-state index contributed by atoms with van der Waals surface area (Å²) in [7, 11) is 4.56. The highest BCUT2D eigenvalue weighted by Gasteiger charge is 2.21. The molecule has 0 spiro atoms. The summed E-state index contributed by atoms with van der Waals surface area (Å²) in [6, 6.07) is 7.68. The van der Waals surface area contributed by atoms with Gasteiger partial charge in [0.2, 0.25) is 17.7 Å². The first-order chi connectivity index (χ1) is 15.5. The molecule has 8 nitrogen and oxygen atoms in total. The average Bonchev–Trinajstić information content (AvgIpc) is 3.14. The summed E-state index contributed by atoms with van der Waals surface area (Å²) < 4.78 is 17.8. The summed E-state index contributed by atoms with van der Waals surface area (Å²) in [4.78, 5) is 20.8. The number of aromatic nitrogens is 3. The number of nitrogens with one attached hydrogen (secondary N) is 1. The van der Waals surface area contributed by atoms with Crippen LogP contribution < -0.4 is 14.8 Å². The fourth-order valence-corrected chi connectivity index (χ4v) is 4.43. The predicted octanol–water partition coefficient (Wildman–Crippen LogP) is 4.00. The maximum Gasteiger partial charge on any atom is 0.337 e. The number of carbonyl (C=O) groups excluding carboxylic acids is 1. The van der Waals surface area contributed by atoms with Gasteiger partial charge in [0.15, 0.2) is 0 Å². The molecule has 2 aromatic heterocycles. The molecule has 1 N–H and O–H groups in total. The van der Waals surface area contributed by atoms with Gasteiger partial charge in [-0.25, -0.2) is 4.79 Å². The van der Waals surface area contributed by atoms with Crippen molar-refractivity contribution in [2.45, 2.75) is 51.6 Å². The van der Waals surface area contributed by atoms with Crippen molar-refractivity contribution < 1.29 is 19.0 Å². The van der Waals surface area contributed by atoms with E-state index in [9.17, 15) is 4.79 Å². The van der Waals surface area contributed by atoms with E-state index in [1.165, 1.54) is 42.1 Å². The molecule has 1 unspecified atom stereocenters. The highest BCUT2D eigenvalue weighted by molar-refractivity contribution is 5.96. The fraction of sp³-hybridized carbons (Fsp3) is 0.458. The quantitative estimate of drug-likeness (QED) is 0.532. The van der Waals surface area contributed by atoms with Gasteiger partial charge in [0.05, 0.1) is 33.0 Å².